The van der Waals surface area contributed by atoms with E-state index in [1.807, 2.05) is 6.92 Å². The van der Waals surface area contributed by atoms with Gasteiger partial charge in [-0.3, -0.25) is 0 Å². The van der Waals surface area contributed by atoms with Gasteiger partial charge in [-0.1, -0.05) is 12.1 Å². The van der Waals surface area contributed by atoms with Gasteiger partial charge in [0.1, 0.15) is 11.6 Å². The largest absolute Gasteiger partial charge is 0.485 e. The summed E-state index contributed by atoms with van der Waals surface area (Å²) in [5.74, 6) is 1.10. The van der Waals surface area contributed by atoms with Gasteiger partial charge in [0.2, 0.25) is 11.7 Å². The Bertz CT molecular complexity index is 542. The van der Waals surface area contributed by atoms with Gasteiger partial charge >= 0.3 is 0 Å². The highest BCUT2D eigenvalue weighted by Gasteiger charge is 2.06. The van der Waals surface area contributed by atoms with E-state index in [4.69, 9.17) is 15.0 Å². The topological polar surface area (TPSA) is 74.2 Å². The van der Waals surface area contributed by atoms with Crippen LogP contribution in [0.3, 0.4) is 0 Å². The summed E-state index contributed by atoms with van der Waals surface area (Å²) >= 11 is 0. The maximum absolute atomic E-state index is 13.4. The molecule has 0 saturated heterocycles. The van der Waals surface area contributed by atoms with Crippen molar-refractivity contribution in [3.05, 3.63) is 41.3 Å². The Labute approximate surface area is 110 Å². The Hall–Kier alpha value is -1.95. The van der Waals surface area contributed by atoms with Gasteiger partial charge in [-0.05, 0) is 30.7 Å². The molecule has 2 aromatic rings. The quantitative estimate of drug-likeness (QED) is 0.862. The molecule has 0 spiro atoms. The highest BCUT2D eigenvalue weighted by molar-refractivity contribution is 5.29. The number of halogens is 1. The van der Waals surface area contributed by atoms with Gasteiger partial charge in [0.25, 0.3) is 0 Å². The smallest absolute Gasteiger partial charge is 0.226 e. The molecule has 5 nitrogen and oxygen atoms in total. The van der Waals surface area contributed by atoms with Crippen LogP contribution in [0.4, 0.5) is 4.39 Å². The molecule has 19 heavy (non-hydrogen) atoms. The first-order valence-electron chi connectivity index (χ1n) is 6.15. The van der Waals surface area contributed by atoms with E-state index in [0.29, 0.717) is 36.9 Å². The van der Waals surface area contributed by atoms with Crippen LogP contribution in [0.25, 0.3) is 0 Å². The van der Waals surface area contributed by atoms with Crippen molar-refractivity contribution in [3.8, 4) is 5.75 Å². The number of ether oxygens (including phenoxy) is 1. The fourth-order valence-corrected chi connectivity index (χ4v) is 1.66. The normalized spacial score (nSPS) is 10.7. The molecule has 0 aliphatic rings. The Morgan fingerprint density at radius 1 is 1.37 bits per heavy atom. The summed E-state index contributed by atoms with van der Waals surface area (Å²) in [6, 6.07) is 4.53. The fourth-order valence-electron chi connectivity index (χ4n) is 1.66. The van der Waals surface area contributed by atoms with E-state index >= 15 is 0 Å². The van der Waals surface area contributed by atoms with E-state index in [1.54, 1.807) is 6.07 Å². The molecule has 0 fully saturated rings. The number of aryl methyl sites for hydroxylation is 1. The fraction of sp³-hybridized carbons (Fsp3) is 0.385. The van der Waals surface area contributed by atoms with Gasteiger partial charge in [-0.25, -0.2) is 4.39 Å². The second-order valence-corrected chi connectivity index (χ2v) is 4.08. The summed E-state index contributed by atoms with van der Waals surface area (Å²) in [5, 5.41) is 3.76. The second kappa shape index (κ2) is 6.29. The Morgan fingerprint density at radius 3 is 2.89 bits per heavy atom. The van der Waals surface area contributed by atoms with E-state index in [0.717, 1.165) is 5.56 Å². The van der Waals surface area contributed by atoms with Crippen molar-refractivity contribution in [2.45, 2.75) is 26.4 Å². The van der Waals surface area contributed by atoms with Crippen LogP contribution in [0.5, 0.6) is 5.75 Å². The number of nitrogens with zero attached hydrogens (tertiary/aromatic N) is 2. The van der Waals surface area contributed by atoms with E-state index in [-0.39, 0.29) is 12.4 Å². The van der Waals surface area contributed by atoms with Crippen molar-refractivity contribution in [2.75, 3.05) is 6.54 Å². The average molecular weight is 265 g/mol. The molecule has 2 N–H and O–H groups in total. The van der Waals surface area contributed by atoms with E-state index in [2.05, 4.69) is 10.1 Å². The number of hydrogen-bond donors (Lipinski definition) is 1. The zero-order chi connectivity index (χ0) is 13.7. The van der Waals surface area contributed by atoms with Crippen LogP contribution in [-0.4, -0.2) is 16.7 Å². The van der Waals surface area contributed by atoms with Crippen molar-refractivity contribution in [1.29, 1.82) is 0 Å². The van der Waals surface area contributed by atoms with E-state index in [1.165, 1.54) is 12.1 Å². The first-order chi connectivity index (χ1) is 9.21. The SMILES string of the molecule is CCc1nc(COc2cc(F)cc(CCN)c2)no1. The lowest BCUT2D eigenvalue weighted by Gasteiger charge is -2.06. The Balaban J connectivity index is 2.02. The molecule has 0 radical (unpaired) electrons. The van der Waals surface area contributed by atoms with Gasteiger partial charge < -0.3 is 15.0 Å². The van der Waals surface area contributed by atoms with E-state index in [9.17, 15) is 4.39 Å². The Kier molecular flexibility index (Phi) is 4.46. The molecular weight excluding hydrogens is 249 g/mol. The molecule has 102 valence electrons. The molecule has 0 atom stereocenters. The molecule has 0 aliphatic carbocycles. The minimum absolute atomic E-state index is 0.148. The van der Waals surface area contributed by atoms with Crippen molar-refractivity contribution < 1.29 is 13.7 Å². The van der Waals surface area contributed by atoms with Crippen LogP contribution < -0.4 is 10.5 Å². The lowest BCUT2D eigenvalue weighted by atomic mass is 10.1. The Morgan fingerprint density at radius 2 is 2.21 bits per heavy atom. The van der Waals surface area contributed by atoms with Crippen LogP contribution in [-0.2, 0) is 19.4 Å². The molecule has 0 amide bonds. The van der Waals surface area contributed by atoms with Crippen LogP contribution in [0.15, 0.2) is 22.7 Å². The second-order valence-electron chi connectivity index (χ2n) is 4.08. The number of rotatable bonds is 6. The monoisotopic (exact) mass is 265 g/mol. The van der Waals surface area contributed by atoms with Crippen molar-refractivity contribution >= 4 is 0 Å². The molecule has 0 saturated carbocycles. The predicted molar refractivity (Wildman–Crippen MR) is 67.2 cm³/mol. The lowest BCUT2D eigenvalue weighted by molar-refractivity contribution is 0.283. The standard InChI is InChI=1S/C13H16FN3O2/c1-2-13-16-12(17-19-13)8-18-11-6-9(3-4-15)5-10(14)7-11/h5-7H,2-4,8,15H2,1H3. The average Bonchev–Trinajstić information content (AvgIpc) is 2.84. The maximum atomic E-state index is 13.4. The van der Waals surface area contributed by atoms with Gasteiger partial charge in [0.15, 0.2) is 6.61 Å². The summed E-state index contributed by atoms with van der Waals surface area (Å²) in [6.45, 7) is 2.53. The molecular formula is C13H16FN3O2. The summed E-state index contributed by atoms with van der Waals surface area (Å²) in [4.78, 5) is 4.11. The van der Waals surface area contributed by atoms with Crippen LogP contribution in [0, 0.1) is 5.82 Å². The van der Waals surface area contributed by atoms with Gasteiger partial charge in [-0.15, -0.1) is 0 Å². The zero-order valence-corrected chi connectivity index (χ0v) is 10.7. The third kappa shape index (κ3) is 3.75. The lowest BCUT2D eigenvalue weighted by Crippen LogP contribution is -2.04. The molecule has 2 rings (SSSR count). The molecule has 0 unspecified atom stereocenters. The van der Waals surface area contributed by atoms with Crippen LogP contribution >= 0.6 is 0 Å². The zero-order valence-electron chi connectivity index (χ0n) is 10.7. The van der Waals surface area contributed by atoms with Crippen molar-refractivity contribution in [2.24, 2.45) is 5.73 Å². The predicted octanol–water partition coefficient (Wildman–Crippen LogP) is 1.85. The first-order valence-corrected chi connectivity index (χ1v) is 6.15. The molecule has 1 aromatic carbocycles. The van der Waals surface area contributed by atoms with Gasteiger partial charge in [0, 0.05) is 12.5 Å². The van der Waals surface area contributed by atoms with Gasteiger partial charge in [0.05, 0.1) is 0 Å². The molecule has 0 aliphatic heterocycles. The van der Waals surface area contributed by atoms with Crippen molar-refractivity contribution in [1.82, 2.24) is 10.1 Å². The van der Waals surface area contributed by atoms with E-state index < -0.39 is 0 Å². The summed E-state index contributed by atoms with van der Waals surface area (Å²) in [6.07, 6.45) is 1.28. The number of benzene rings is 1. The van der Waals surface area contributed by atoms with Crippen LogP contribution in [0.1, 0.15) is 24.2 Å². The molecule has 6 heteroatoms. The summed E-state index contributed by atoms with van der Waals surface area (Å²) in [5.41, 5.74) is 6.25. The van der Waals surface area contributed by atoms with Crippen LogP contribution in [0.2, 0.25) is 0 Å². The summed E-state index contributed by atoms with van der Waals surface area (Å²) in [7, 11) is 0. The van der Waals surface area contributed by atoms with Gasteiger partial charge in [-0.2, -0.15) is 4.98 Å². The number of hydrogen-bond acceptors (Lipinski definition) is 5. The third-order valence-electron chi connectivity index (χ3n) is 2.54. The summed E-state index contributed by atoms with van der Waals surface area (Å²) < 4.78 is 23.8. The minimum Gasteiger partial charge on any atom is -0.485 e. The highest BCUT2D eigenvalue weighted by atomic mass is 19.1. The number of nitrogens with two attached hydrogens (primary N) is 1. The third-order valence-corrected chi connectivity index (χ3v) is 2.54. The first kappa shape index (κ1) is 13.5. The van der Waals surface area contributed by atoms with Crippen molar-refractivity contribution in [3.63, 3.8) is 0 Å². The molecule has 1 heterocycles. The molecule has 0 bridgehead atoms. The number of aromatic nitrogens is 2. The molecule has 1 aromatic heterocycles. The maximum Gasteiger partial charge on any atom is 0.226 e. The highest BCUT2D eigenvalue weighted by Crippen LogP contribution is 2.17. The minimum atomic E-state index is -0.344.